The first-order valence-electron chi connectivity index (χ1n) is 9.46. The monoisotopic (exact) mass is 403 g/mol. The molecule has 4 rings (SSSR count). The third-order valence-corrected chi connectivity index (χ3v) is 5.86. The standard InChI is InChI=1S/C23H21N3O2S/c1-15(25-26-22(27)20-14-19(20)17-6-3-2-4-7-17)16-9-11-18(12-10-16)24-23(28)21-8-5-13-29-21/h2-13,19-20H,14H2,1H3,(H,24,28)(H,26,27)/b25-15-/t19-,20-/m1/s1. The van der Waals surface area contributed by atoms with Crippen LogP contribution >= 0.6 is 11.3 Å². The molecule has 2 atom stereocenters. The van der Waals surface area contributed by atoms with E-state index in [0.29, 0.717) is 16.3 Å². The summed E-state index contributed by atoms with van der Waals surface area (Å²) in [5.41, 5.74) is 6.20. The number of rotatable bonds is 6. The summed E-state index contributed by atoms with van der Waals surface area (Å²) in [5, 5.41) is 8.98. The fourth-order valence-corrected chi connectivity index (χ4v) is 3.85. The molecular weight excluding hydrogens is 382 g/mol. The summed E-state index contributed by atoms with van der Waals surface area (Å²) >= 11 is 1.40. The molecule has 5 nitrogen and oxygen atoms in total. The number of nitrogens with one attached hydrogen (secondary N) is 2. The Kier molecular flexibility index (Phi) is 5.53. The highest BCUT2D eigenvalue weighted by atomic mass is 32.1. The van der Waals surface area contributed by atoms with Crippen molar-refractivity contribution in [1.29, 1.82) is 0 Å². The van der Waals surface area contributed by atoms with Crippen molar-refractivity contribution in [1.82, 2.24) is 5.43 Å². The SMILES string of the molecule is C/C(=N/NC(=O)[C@@H]1C[C@@H]1c1ccccc1)c1ccc(NC(=O)c2cccs2)cc1. The first-order valence-corrected chi connectivity index (χ1v) is 10.3. The number of hydrogen-bond acceptors (Lipinski definition) is 4. The molecule has 1 aliphatic carbocycles. The van der Waals surface area contributed by atoms with Crippen LogP contribution in [0.3, 0.4) is 0 Å². The number of benzene rings is 2. The molecule has 6 heteroatoms. The van der Waals surface area contributed by atoms with Crippen LogP contribution in [0, 0.1) is 5.92 Å². The predicted molar refractivity (Wildman–Crippen MR) is 116 cm³/mol. The van der Waals surface area contributed by atoms with Gasteiger partial charge < -0.3 is 5.32 Å². The first-order chi connectivity index (χ1) is 14.1. The fourth-order valence-electron chi connectivity index (χ4n) is 3.24. The van der Waals surface area contributed by atoms with Gasteiger partial charge in [-0.05, 0) is 54.0 Å². The average Bonchev–Trinajstić information content (AvgIpc) is 3.37. The van der Waals surface area contributed by atoms with Gasteiger partial charge in [0, 0.05) is 11.6 Å². The van der Waals surface area contributed by atoms with Crippen LogP contribution in [0.15, 0.2) is 77.2 Å². The molecule has 1 aromatic heterocycles. The predicted octanol–water partition coefficient (Wildman–Crippen LogP) is 4.64. The number of nitrogens with zero attached hydrogens (tertiary/aromatic N) is 1. The maximum atomic E-state index is 12.3. The topological polar surface area (TPSA) is 70.6 Å². The van der Waals surface area contributed by atoms with Crippen molar-refractivity contribution in [3.63, 3.8) is 0 Å². The van der Waals surface area contributed by atoms with Crippen molar-refractivity contribution in [2.45, 2.75) is 19.3 Å². The largest absolute Gasteiger partial charge is 0.321 e. The zero-order valence-corrected chi connectivity index (χ0v) is 16.8. The van der Waals surface area contributed by atoms with Crippen molar-refractivity contribution in [2.75, 3.05) is 5.32 Å². The Morgan fingerprint density at radius 2 is 1.76 bits per heavy atom. The molecule has 0 saturated heterocycles. The molecule has 0 radical (unpaired) electrons. The molecule has 3 aromatic rings. The summed E-state index contributed by atoms with van der Waals surface area (Å²) < 4.78 is 0. The van der Waals surface area contributed by atoms with Gasteiger partial charge in [0.05, 0.1) is 10.6 Å². The molecule has 0 spiro atoms. The van der Waals surface area contributed by atoms with Crippen molar-refractivity contribution >= 4 is 34.6 Å². The zero-order valence-electron chi connectivity index (χ0n) is 16.0. The third kappa shape index (κ3) is 4.60. The molecule has 1 saturated carbocycles. The van der Waals surface area contributed by atoms with E-state index in [-0.39, 0.29) is 23.7 Å². The molecule has 29 heavy (non-hydrogen) atoms. The molecule has 1 heterocycles. The van der Waals surface area contributed by atoms with Crippen molar-refractivity contribution < 1.29 is 9.59 Å². The van der Waals surface area contributed by atoms with E-state index in [0.717, 1.165) is 12.0 Å². The molecule has 0 bridgehead atoms. The average molecular weight is 404 g/mol. The number of hydrazone groups is 1. The second-order valence-corrected chi connectivity index (χ2v) is 7.99. The van der Waals surface area contributed by atoms with E-state index >= 15 is 0 Å². The quantitative estimate of drug-likeness (QED) is 0.465. The second-order valence-electron chi connectivity index (χ2n) is 7.04. The lowest BCUT2D eigenvalue weighted by Gasteiger charge is -2.06. The summed E-state index contributed by atoms with van der Waals surface area (Å²) in [6, 6.07) is 21.1. The van der Waals surface area contributed by atoms with Gasteiger partial charge in [-0.15, -0.1) is 11.3 Å². The summed E-state index contributed by atoms with van der Waals surface area (Å²) in [6.07, 6.45) is 0.864. The number of carbonyl (C=O) groups is 2. The number of anilines is 1. The normalized spacial score (nSPS) is 18.2. The summed E-state index contributed by atoms with van der Waals surface area (Å²) in [5.74, 6) is 0.113. The van der Waals surface area contributed by atoms with Crippen LogP contribution in [-0.2, 0) is 4.79 Å². The first kappa shape index (κ1) is 19.1. The van der Waals surface area contributed by atoms with Gasteiger partial charge in [-0.25, -0.2) is 5.43 Å². The van der Waals surface area contributed by atoms with E-state index in [9.17, 15) is 9.59 Å². The Labute approximate surface area is 173 Å². The van der Waals surface area contributed by atoms with Crippen molar-refractivity contribution in [3.05, 3.63) is 88.1 Å². The highest BCUT2D eigenvalue weighted by molar-refractivity contribution is 7.12. The minimum Gasteiger partial charge on any atom is -0.321 e. The lowest BCUT2D eigenvalue weighted by atomic mass is 10.1. The van der Waals surface area contributed by atoms with E-state index in [1.165, 1.54) is 16.9 Å². The molecule has 0 aliphatic heterocycles. The van der Waals surface area contributed by atoms with Crippen LogP contribution in [0.5, 0.6) is 0 Å². The Morgan fingerprint density at radius 1 is 1.00 bits per heavy atom. The van der Waals surface area contributed by atoms with Crippen molar-refractivity contribution in [2.24, 2.45) is 11.0 Å². The highest BCUT2D eigenvalue weighted by Gasteiger charge is 2.43. The van der Waals surface area contributed by atoms with E-state index in [1.54, 1.807) is 6.07 Å². The summed E-state index contributed by atoms with van der Waals surface area (Å²) in [7, 11) is 0. The maximum absolute atomic E-state index is 12.3. The maximum Gasteiger partial charge on any atom is 0.265 e. The van der Waals surface area contributed by atoms with Gasteiger partial charge in [0.15, 0.2) is 0 Å². The van der Waals surface area contributed by atoms with Crippen LogP contribution < -0.4 is 10.7 Å². The van der Waals surface area contributed by atoms with E-state index in [1.807, 2.05) is 60.8 Å². The molecule has 1 fully saturated rings. The number of hydrogen-bond donors (Lipinski definition) is 2. The van der Waals surface area contributed by atoms with Gasteiger partial charge in [0.2, 0.25) is 5.91 Å². The second kappa shape index (κ2) is 8.41. The molecule has 2 N–H and O–H groups in total. The van der Waals surface area contributed by atoms with Crippen LogP contribution in [0.25, 0.3) is 0 Å². The molecule has 1 aliphatic rings. The number of thiophene rings is 1. The minimum absolute atomic E-state index is 0.0104. The number of amides is 2. The van der Waals surface area contributed by atoms with Crippen LogP contribution in [-0.4, -0.2) is 17.5 Å². The van der Waals surface area contributed by atoms with Crippen LogP contribution in [0.4, 0.5) is 5.69 Å². The smallest absolute Gasteiger partial charge is 0.265 e. The summed E-state index contributed by atoms with van der Waals surface area (Å²) in [6.45, 7) is 1.85. The van der Waals surface area contributed by atoms with E-state index in [4.69, 9.17) is 0 Å². The van der Waals surface area contributed by atoms with Gasteiger partial charge in [-0.3, -0.25) is 9.59 Å². The van der Waals surface area contributed by atoms with Crippen LogP contribution in [0.1, 0.15) is 40.1 Å². The Bertz CT molecular complexity index is 1030. The fraction of sp³-hybridized carbons (Fsp3) is 0.174. The van der Waals surface area contributed by atoms with Gasteiger partial charge in [0.1, 0.15) is 0 Å². The van der Waals surface area contributed by atoms with E-state index in [2.05, 4.69) is 28.0 Å². The molecule has 0 unspecified atom stereocenters. The van der Waals surface area contributed by atoms with Gasteiger partial charge in [-0.1, -0.05) is 48.5 Å². The van der Waals surface area contributed by atoms with Gasteiger partial charge in [0.25, 0.3) is 5.91 Å². The van der Waals surface area contributed by atoms with Gasteiger partial charge >= 0.3 is 0 Å². The molecule has 2 amide bonds. The number of carbonyl (C=O) groups excluding carboxylic acids is 2. The zero-order chi connectivity index (χ0) is 20.2. The van der Waals surface area contributed by atoms with Crippen LogP contribution in [0.2, 0.25) is 0 Å². The molecule has 146 valence electrons. The Hall–Kier alpha value is -3.25. The van der Waals surface area contributed by atoms with E-state index < -0.39 is 0 Å². The molecule has 2 aromatic carbocycles. The Morgan fingerprint density at radius 3 is 2.45 bits per heavy atom. The highest BCUT2D eigenvalue weighted by Crippen LogP contribution is 2.47. The molecular formula is C23H21N3O2S. The van der Waals surface area contributed by atoms with Gasteiger partial charge in [-0.2, -0.15) is 5.10 Å². The minimum atomic E-state index is -0.122. The summed E-state index contributed by atoms with van der Waals surface area (Å²) in [4.78, 5) is 25.1. The lowest BCUT2D eigenvalue weighted by molar-refractivity contribution is -0.122. The third-order valence-electron chi connectivity index (χ3n) is 4.99. The lowest BCUT2D eigenvalue weighted by Crippen LogP contribution is -2.21. The van der Waals surface area contributed by atoms with Crippen molar-refractivity contribution in [3.8, 4) is 0 Å². The Balaban J connectivity index is 1.32.